The van der Waals surface area contributed by atoms with Crippen molar-refractivity contribution in [1.82, 2.24) is 9.78 Å². The molecule has 5 rings (SSSR count). The molecule has 2 atom stereocenters. The largest absolute Gasteiger partial charge is 0.457 e. The van der Waals surface area contributed by atoms with Crippen LogP contribution in [0.25, 0.3) is 0 Å². The highest BCUT2D eigenvalue weighted by Crippen LogP contribution is 2.46. The average molecular weight is 558 g/mol. The number of hydrogen-bond donors (Lipinski definition) is 2. The number of nitro groups is 1. The number of nitro benzene ring substituents is 1. The second-order valence-corrected chi connectivity index (χ2v) is 9.08. The van der Waals surface area contributed by atoms with Crippen LogP contribution >= 0.6 is 11.6 Å². The van der Waals surface area contributed by atoms with E-state index in [1.54, 1.807) is 60.7 Å². The van der Waals surface area contributed by atoms with Crippen LogP contribution in [0.2, 0.25) is 5.02 Å². The summed E-state index contributed by atoms with van der Waals surface area (Å²) in [7, 11) is 0. The van der Waals surface area contributed by atoms with Crippen molar-refractivity contribution in [3.63, 3.8) is 0 Å². The Hall–Kier alpha value is -4.58. The SMILES string of the molecule is O=C(Nc1cc(Oc2ccccc2)cc([N+](=O)[O-])c1)c1nn2c(c1Cl)N[C@H](c1ccccc1)C[C@H]2C(F)(F)F. The van der Waals surface area contributed by atoms with E-state index >= 15 is 0 Å². The maximum atomic E-state index is 14.0. The van der Waals surface area contributed by atoms with Crippen LogP contribution in [0, 0.1) is 10.1 Å². The molecular formula is C26H19ClF3N5O4. The number of nitrogens with one attached hydrogen (secondary N) is 2. The Labute approximate surface area is 224 Å². The first-order valence-electron chi connectivity index (χ1n) is 11.6. The van der Waals surface area contributed by atoms with Gasteiger partial charge in [-0.2, -0.15) is 18.3 Å². The van der Waals surface area contributed by atoms with E-state index in [1.165, 1.54) is 12.1 Å². The average Bonchev–Trinajstić information content (AvgIpc) is 3.25. The van der Waals surface area contributed by atoms with E-state index in [-0.39, 0.29) is 34.4 Å². The molecular weight excluding hydrogens is 539 g/mol. The predicted octanol–water partition coefficient (Wildman–Crippen LogP) is 7.15. The minimum absolute atomic E-state index is 0.0373. The topological polar surface area (TPSA) is 111 Å². The predicted molar refractivity (Wildman–Crippen MR) is 137 cm³/mol. The highest BCUT2D eigenvalue weighted by Gasteiger charge is 2.47. The highest BCUT2D eigenvalue weighted by atomic mass is 35.5. The number of rotatable bonds is 6. The van der Waals surface area contributed by atoms with Crippen LogP contribution < -0.4 is 15.4 Å². The van der Waals surface area contributed by atoms with Crippen LogP contribution in [-0.2, 0) is 0 Å². The van der Waals surface area contributed by atoms with Crippen molar-refractivity contribution in [2.24, 2.45) is 0 Å². The molecule has 0 bridgehead atoms. The number of carbonyl (C=O) groups is 1. The van der Waals surface area contributed by atoms with Gasteiger partial charge in [-0.1, -0.05) is 60.1 Å². The van der Waals surface area contributed by atoms with Crippen LogP contribution in [0.5, 0.6) is 11.5 Å². The lowest BCUT2D eigenvalue weighted by Crippen LogP contribution is -2.35. The van der Waals surface area contributed by atoms with E-state index in [0.717, 1.165) is 6.07 Å². The first kappa shape index (κ1) is 26.0. The second kappa shape index (κ2) is 10.3. The van der Waals surface area contributed by atoms with Gasteiger partial charge in [-0.3, -0.25) is 14.9 Å². The summed E-state index contributed by atoms with van der Waals surface area (Å²) in [5.74, 6) is -0.647. The third-order valence-corrected chi connectivity index (χ3v) is 6.41. The normalized spacial score (nSPS) is 16.6. The van der Waals surface area contributed by atoms with E-state index in [2.05, 4.69) is 15.7 Å². The van der Waals surface area contributed by atoms with Gasteiger partial charge in [-0.05, 0) is 17.7 Å². The fraction of sp³-hybridized carbons (Fsp3) is 0.154. The number of alkyl halides is 3. The molecule has 200 valence electrons. The summed E-state index contributed by atoms with van der Waals surface area (Å²) in [6.07, 6.45) is -5.04. The van der Waals surface area contributed by atoms with Crippen molar-refractivity contribution in [2.75, 3.05) is 10.6 Å². The van der Waals surface area contributed by atoms with Gasteiger partial charge >= 0.3 is 6.18 Å². The van der Waals surface area contributed by atoms with E-state index < -0.39 is 34.8 Å². The number of fused-ring (bicyclic) bond motifs is 1. The van der Waals surface area contributed by atoms with Gasteiger partial charge in [0.1, 0.15) is 22.3 Å². The Kier molecular flexibility index (Phi) is 6.87. The Morgan fingerprint density at radius 2 is 1.74 bits per heavy atom. The van der Waals surface area contributed by atoms with Crippen molar-refractivity contribution in [3.05, 3.63) is 105 Å². The van der Waals surface area contributed by atoms with Gasteiger partial charge in [0.25, 0.3) is 11.6 Å². The van der Waals surface area contributed by atoms with Gasteiger partial charge < -0.3 is 15.4 Å². The van der Waals surface area contributed by atoms with Gasteiger partial charge in [0.05, 0.1) is 22.7 Å². The zero-order chi connectivity index (χ0) is 27.7. The number of aromatic nitrogens is 2. The van der Waals surface area contributed by atoms with Gasteiger partial charge in [-0.25, -0.2) is 4.68 Å². The van der Waals surface area contributed by atoms with Gasteiger partial charge in [0.2, 0.25) is 0 Å². The molecule has 0 unspecified atom stereocenters. The summed E-state index contributed by atoms with van der Waals surface area (Å²) in [4.78, 5) is 23.9. The zero-order valence-electron chi connectivity index (χ0n) is 19.9. The number of non-ortho nitro benzene ring substituents is 1. The first-order chi connectivity index (χ1) is 18.6. The molecule has 1 amide bonds. The fourth-order valence-corrected chi connectivity index (χ4v) is 4.54. The Morgan fingerprint density at radius 1 is 1.08 bits per heavy atom. The molecule has 0 saturated heterocycles. The third kappa shape index (κ3) is 5.50. The van der Waals surface area contributed by atoms with Gasteiger partial charge in [0, 0.05) is 18.6 Å². The Balaban J connectivity index is 1.46. The summed E-state index contributed by atoms with van der Waals surface area (Å²) in [5.41, 5.74) is -0.272. The summed E-state index contributed by atoms with van der Waals surface area (Å²) >= 11 is 6.38. The molecule has 2 heterocycles. The molecule has 1 aliphatic heterocycles. The zero-order valence-corrected chi connectivity index (χ0v) is 20.6. The molecule has 4 aromatic rings. The minimum Gasteiger partial charge on any atom is -0.457 e. The van der Waals surface area contributed by atoms with E-state index in [4.69, 9.17) is 16.3 Å². The van der Waals surface area contributed by atoms with Crippen molar-refractivity contribution in [2.45, 2.75) is 24.7 Å². The molecule has 0 saturated carbocycles. The number of amides is 1. The van der Waals surface area contributed by atoms with E-state index in [1.807, 2.05) is 0 Å². The molecule has 39 heavy (non-hydrogen) atoms. The molecule has 2 N–H and O–H groups in total. The number of carbonyl (C=O) groups excluding carboxylic acids is 1. The van der Waals surface area contributed by atoms with E-state index in [9.17, 15) is 28.1 Å². The second-order valence-electron chi connectivity index (χ2n) is 8.70. The maximum Gasteiger partial charge on any atom is 0.410 e. The standard InChI is InChI=1S/C26H19ClF3N5O4/c27-22-23(33-34-21(26(28,29)30)14-20(32-24(22)34)15-7-3-1-4-8-15)25(36)31-16-11-17(35(37)38)13-19(12-16)39-18-9-5-2-6-10-18/h1-13,20-21,32H,14H2,(H,31,36)/t20-,21-/m0/s1. The van der Waals surface area contributed by atoms with Crippen molar-refractivity contribution >= 4 is 34.7 Å². The molecule has 0 aliphatic carbocycles. The minimum atomic E-state index is -4.67. The molecule has 1 aliphatic rings. The third-order valence-electron chi connectivity index (χ3n) is 6.05. The van der Waals surface area contributed by atoms with Crippen molar-refractivity contribution in [3.8, 4) is 11.5 Å². The van der Waals surface area contributed by atoms with Crippen molar-refractivity contribution < 1.29 is 27.6 Å². The fourth-order valence-electron chi connectivity index (χ4n) is 4.27. The monoisotopic (exact) mass is 557 g/mol. The molecule has 9 nitrogen and oxygen atoms in total. The van der Waals surface area contributed by atoms with Gasteiger partial charge in [-0.15, -0.1) is 0 Å². The number of para-hydroxylation sites is 1. The van der Waals surface area contributed by atoms with Crippen LogP contribution in [0.15, 0.2) is 78.9 Å². The molecule has 0 radical (unpaired) electrons. The molecule has 3 aromatic carbocycles. The molecule has 1 aromatic heterocycles. The van der Waals surface area contributed by atoms with E-state index in [0.29, 0.717) is 16.0 Å². The summed E-state index contributed by atoms with van der Waals surface area (Å²) < 4.78 is 48.4. The van der Waals surface area contributed by atoms with Crippen LogP contribution in [0.1, 0.15) is 34.6 Å². The quantitative estimate of drug-likeness (QED) is 0.192. The lowest BCUT2D eigenvalue weighted by Gasteiger charge is -2.33. The maximum absolute atomic E-state index is 14.0. The van der Waals surface area contributed by atoms with Crippen molar-refractivity contribution in [1.29, 1.82) is 0 Å². The number of ether oxygens (including phenoxy) is 1. The number of hydrogen-bond acceptors (Lipinski definition) is 6. The lowest BCUT2D eigenvalue weighted by molar-refractivity contribution is -0.384. The summed E-state index contributed by atoms with van der Waals surface area (Å²) in [5, 5.41) is 20.4. The first-order valence-corrected chi connectivity index (χ1v) is 12.0. The number of halogens is 4. The summed E-state index contributed by atoms with van der Waals surface area (Å²) in [6.45, 7) is 0. The lowest BCUT2D eigenvalue weighted by atomic mass is 9.97. The van der Waals surface area contributed by atoms with Gasteiger partial charge in [0.15, 0.2) is 11.7 Å². The molecule has 0 fully saturated rings. The number of benzene rings is 3. The number of anilines is 2. The van der Waals surface area contributed by atoms with Crippen LogP contribution in [-0.4, -0.2) is 26.8 Å². The molecule has 0 spiro atoms. The van der Waals surface area contributed by atoms with Crippen LogP contribution in [0.4, 0.5) is 30.4 Å². The van der Waals surface area contributed by atoms with Crippen LogP contribution in [0.3, 0.4) is 0 Å². The molecule has 13 heteroatoms. The Morgan fingerprint density at radius 3 is 2.38 bits per heavy atom. The Bertz CT molecular complexity index is 1530. The highest BCUT2D eigenvalue weighted by molar-refractivity contribution is 6.36. The summed E-state index contributed by atoms with van der Waals surface area (Å²) in [6, 6.07) is 17.8. The smallest absolute Gasteiger partial charge is 0.410 e. The number of nitrogens with zero attached hydrogens (tertiary/aromatic N) is 3.